The van der Waals surface area contributed by atoms with Crippen LogP contribution in [-0.4, -0.2) is 40.8 Å². The van der Waals surface area contributed by atoms with Crippen molar-refractivity contribution in [1.82, 2.24) is 4.90 Å². The molecule has 2 atom stereocenters. The van der Waals surface area contributed by atoms with Crippen molar-refractivity contribution in [2.45, 2.75) is 66.5 Å². The van der Waals surface area contributed by atoms with Crippen molar-refractivity contribution < 1.29 is 15.0 Å². The number of benzene rings is 1. The maximum atomic E-state index is 11.9. The van der Waals surface area contributed by atoms with E-state index in [2.05, 4.69) is 36.9 Å². The first-order valence-electron chi connectivity index (χ1n) is 9.71. The van der Waals surface area contributed by atoms with Gasteiger partial charge in [0.1, 0.15) is 5.54 Å². The summed E-state index contributed by atoms with van der Waals surface area (Å²) in [6, 6.07) is 12.4. The van der Waals surface area contributed by atoms with Gasteiger partial charge >= 0.3 is 5.97 Å². The highest BCUT2D eigenvalue weighted by Crippen LogP contribution is 2.55. The minimum Gasteiger partial charge on any atom is -0.481 e. The fourth-order valence-corrected chi connectivity index (χ4v) is 3.96. The number of hydrogen-bond acceptors (Lipinski definition) is 4. The van der Waals surface area contributed by atoms with Crippen LogP contribution in [0.2, 0.25) is 0 Å². The predicted molar refractivity (Wildman–Crippen MR) is 114 cm³/mol. The van der Waals surface area contributed by atoms with Gasteiger partial charge in [0, 0.05) is 13.2 Å². The number of aliphatic hydroxyl groups is 1. The number of carboxylic acids is 1. The van der Waals surface area contributed by atoms with Crippen LogP contribution < -0.4 is 0 Å². The average Bonchev–Trinajstić information content (AvgIpc) is 2.64. The zero-order valence-electron chi connectivity index (χ0n) is 18.9. The van der Waals surface area contributed by atoms with Gasteiger partial charge in [-0.05, 0) is 43.7 Å². The van der Waals surface area contributed by atoms with Gasteiger partial charge in [-0.3, -0.25) is 9.69 Å². The van der Waals surface area contributed by atoms with Gasteiger partial charge in [-0.25, -0.2) is 0 Å². The average molecular weight is 391 g/mol. The third-order valence-corrected chi connectivity index (χ3v) is 6.58. The smallest absolute Gasteiger partial charge is 0.307 e. The van der Waals surface area contributed by atoms with E-state index in [1.807, 2.05) is 59.9 Å². The summed E-state index contributed by atoms with van der Waals surface area (Å²) in [5, 5.41) is 26.5. The molecule has 0 bridgehead atoms. The minimum absolute atomic E-state index is 0.109. The normalized spacial score (nSPS) is 14.5. The standard InChI is InChI=1S/C22H34N2O2.CH4O/c1-9-17(19(25)26)21(4,5)22(6,7)18(16-13-11-10-12-14-16)24(8)20(2,3)15-23;1-2/h10-14,17-18H,9H2,1-8H3,(H,25,26);2H,1H3. The van der Waals surface area contributed by atoms with Gasteiger partial charge in [-0.2, -0.15) is 5.26 Å². The van der Waals surface area contributed by atoms with E-state index in [-0.39, 0.29) is 6.04 Å². The van der Waals surface area contributed by atoms with Crippen LogP contribution in [0.3, 0.4) is 0 Å². The maximum absolute atomic E-state index is 11.9. The molecule has 0 fully saturated rings. The Morgan fingerprint density at radius 1 is 1.07 bits per heavy atom. The summed E-state index contributed by atoms with van der Waals surface area (Å²) in [5.74, 6) is -1.23. The van der Waals surface area contributed by atoms with E-state index in [0.29, 0.717) is 6.42 Å². The van der Waals surface area contributed by atoms with Crippen molar-refractivity contribution in [2.24, 2.45) is 16.7 Å². The molecule has 158 valence electrons. The second-order valence-electron chi connectivity index (χ2n) is 8.84. The second-order valence-corrected chi connectivity index (χ2v) is 8.84. The van der Waals surface area contributed by atoms with E-state index < -0.39 is 28.3 Å². The first kappa shape index (κ1) is 26.1. The van der Waals surface area contributed by atoms with Crippen LogP contribution in [0.4, 0.5) is 0 Å². The van der Waals surface area contributed by atoms with Gasteiger partial charge in [0.15, 0.2) is 0 Å². The van der Waals surface area contributed by atoms with Crippen LogP contribution in [-0.2, 0) is 4.79 Å². The van der Waals surface area contributed by atoms with E-state index in [9.17, 15) is 15.2 Å². The SMILES string of the molecule is CCC(C(=O)O)C(C)(C)C(C)(C)C(c1ccccc1)N(C)C(C)(C)C#N.CO. The Kier molecular flexibility index (Phi) is 9.36. The number of nitriles is 1. The zero-order valence-corrected chi connectivity index (χ0v) is 18.9. The number of hydrogen-bond donors (Lipinski definition) is 2. The number of carboxylic acid groups (broad SMARTS) is 1. The summed E-state index contributed by atoms with van der Waals surface area (Å²) in [6.45, 7) is 14.1. The van der Waals surface area contributed by atoms with Gasteiger partial charge in [0.25, 0.3) is 0 Å². The van der Waals surface area contributed by atoms with E-state index in [4.69, 9.17) is 5.11 Å². The lowest BCUT2D eigenvalue weighted by Crippen LogP contribution is -2.54. The molecule has 5 nitrogen and oxygen atoms in total. The molecule has 0 aromatic heterocycles. The molecule has 1 aromatic carbocycles. The molecule has 0 spiro atoms. The Hall–Kier alpha value is -1.90. The molecule has 2 unspecified atom stereocenters. The third-order valence-electron chi connectivity index (χ3n) is 6.58. The summed E-state index contributed by atoms with van der Waals surface area (Å²) in [4.78, 5) is 14.0. The Balaban J connectivity index is 0.00000352. The third kappa shape index (κ3) is 5.12. The molecular weight excluding hydrogens is 352 g/mol. The maximum Gasteiger partial charge on any atom is 0.307 e. The predicted octanol–water partition coefficient (Wildman–Crippen LogP) is 4.73. The molecule has 5 heteroatoms. The largest absolute Gasteiger partial charge is 0.481 e. The lowest BCUT2D eigenvalue weighted by atomic mass is 9.56. The molecule has 0 saturated carbocycles. The van der Waals surface area contributed by atoms with Gasteiger partial charge in [-0.1, -0.05) is 65.0 Å². The highest BCUT2D eigenvalue weighted by Gasteiger charge is 2.52. The molecule has 0 amide bonds. The molecule has 1 aromatic rings. The van der Waals surface area contributed by atoms with E-state index >= 15 is 0 Å². The van der Waals surface area contributed by atoms with Crippen LogP contribution in [0.15, 0.2) is 30.3 Å². The zero-order chi connectivity index (χ0) is 22.3. The van der Waals surface area contributed by atoms with Gasteiger partial charge in [0.05, 0.1) is 12.0 Å². The molecule has 0 heterocycles. The molecule has 0 aliphatic rings. The molecule has 0 aliphatic heterocycles. The van der Waals surface area contributed by atoms with Crippen molar-refractivity contribution in [3.05, 3.63) is 35.9 Å². The molecule has 0 saturated heterocycles. The highest BCUT2D eigenvalue weighted by molar-refractivity contribution is 5.71. The van der Waals surface area contributed by atoms with Crippen molar-refractivity contribution in [3.8, 4) is 6.07 Å². The molecule has 0 aliphatic carbocycles. The highest BCUT2D eigenvalue weighted by atomic mass is 16.4. The van der Waals surface area contributed by atoms with Crippen molar-refractivity contribution in [3.63, 3.8) is 0 Å². The van der Waals surface area contributed by atoms with E-state index in [0.717, 1.165) is 12.7 Å². The van der Waals surface area contributed by atoms with Crippen LogP contribution in [0.25, 0.3) is 0 Å². The Morgan fingerprint density at radius 3 is 1.89 bits per heavy atom. The first-order chi connectivity index (χ1) is 12.8. The minimum atomic E-state index is -0.764. The molecular formula is C23H38N2O3. The summed E-state index contributed by atoms with van der Waals surface area (Å²) in [6.07, 6.45) is 0.568. The molecule has 2 N–H and O–H groups in total. The van der Waals surface area contributed by atoms with E-state index in [1.54, 1.807) is 0 Å². The van der Waals surface area contributed by atoms with Gasteiger partial charge in [-0.15, -0.1) is 0 Å². The topological polar surface area (TPSA) is 84.6 Å². The number of carbonyl (C=O) groups is 1. The van der Waals surface area contributed by atoms with Gasteiger partial charge < -0.3 is 10.2 Å². The molecule has 28 heavy (non-hydrogen) atoms. The number of nitrogens with zero attached hydrogens (tertiary/aromatic N) is 2. The van der Waals surface area contributed by atoms with Crippen molar-refractivity contribution in [2.75, 3.05) is 14.2 Å². The fourth-order valence-electron chi connectivity index (χ4n) is 3.96. The van der Waals surface area contributed by atoms with Crippen LogP contribution in [0, 0.1) is 28.1 Å². The first-order valence-corrected chi connectivity index (χ1v) is 9.71. The van der Waals surface area contributed by atoms with Crippen LogP contribution >= 0.6 is 0 Å². The summed E-state index contributed by atoms with van der Waals surface area (Å²) in [5.41, 5.74) is -0.486. The quantitative estimate of drug-likeness (QED) is 0.670. The summed E-state index contributed by atoms with van der Waals surface area (Å²) >= 11 is 0. The fraction of sp³-hybridized carbons (Fsp3) is 0.652. The second kappa shape index (κ2) is 10.0. The van der Waals surface area contributed by atoms with Crippen molar-refractivity contribution in [1.29, 1.82) is 5.26 Å². The number of aliphatic hydroxyl groups excluding tert-OH is 1. The van der Waals surface area contributed by atoms with Crippen LogP contribution in [0.5, 0.6) is 0 Å². The molecule has 0 radical (unpaired) electrons. The lowest BCUT2D eigenvalue weighted by molar-refractivity contribution is -0.153. The number of aliphatic carboxylic acids is 1. The van der Waals surface area contributed by atoms with Crippen LogP contribution in [0.1, 0.15) is 66.5 Å². The summed E-state index contributed by atoms with van der Waals surface area (Å²) < 4.78 is 0. The Bertz CT molecular complexity index is 660. The van der Waals surface area contributed by atoms with Crippen molar-refractivity contribution >= 4 is 5.97 Å². The Morgan fingerprint density at radius 2 is 1.54 bits per heavy atom. The monoisotopic (exact) mass is 390 g/mol. The molecule has 1 rings (SSSR count). The van der Waals surface area contributed by atoms with Gasteiger partial charge in [0.2, 0.25) is 0 Å². The van der Waals surface area contributed by atoms with E-state index in [1.165, 1.54) is 0 Å². The summed E-state index contributed by atoms with van der Waals surface area (Å²) in [7, 11) is 2.96. The lowest BCUT2D eigenvalue weighted by Gasteiger charge is -2.54. The number of rotatable bonds is 8. The Labute approximate surface area is 171 Å².